The number of imide groups is 1. The van der Waals surface area contributed by atoms with Gasteiger partial charge in [-0.1, -0.05) is 12.1 Å². The maximum absolute atomic E-state index is 12.1. The van der Waals surface area contributed by atoms with E-state index >= 15 is 0 Å². The van der Waals surface area contributed by atoms with E-state index in [1.54, 1.807) is 23.5 Å². The molecule has 0 aliphatic rings. The van der Waals surface area contributed by atoms with Crippen molar-refractivity contribution in [3.63, 3.8) is 0 Å². The normalized spacial score (nSPS) is 13.3. The monoisotopic (exact) mass is 373 g/mol. The lowest BCUT2D eigenvalue weighted by molar-refractivity contribution is -0.902. The average molecular weight is 373 g/mol. The molecule has 26 heavy (non-hydrogen) atoms. The number of fused-ring (bicyclic) bond motifs is 1. The van der Waals surface area contributed by atoms with Crippen molar-refractivity contribution >= 4 is 33.5 Å². The van der Waals surface area contributed by atoms with Gasteiger partial charge in [0.1, 0.15) is 11.8 Å². The van der Waals surface area contributed by atoms with Crippen molar-refractivity contribution in [2.24, 2.45) is 0 Å². The van der Waals surface area contributed by atoms with Crippen LogP contribution in [0.3, 0.4) is 0 Å². The number of nitrogens with zero attached hydrogens (tertiary/aromatic N) is 1. The molecule has 3 aromatic rings. The zero-order valence-electron chi connectivity index (χ0n) is 14.6. The molecule has 0 fully saturated rings. The van der Waals surface area contributed by atoms with Crippen LogP contribution in [0, 0.1) is 0 Å². The van der Waals surface area contributed by atoms with E-state index in [9.17, 15) is 9.59 Å². The molecule has 0 aliphatic heterocycles. The molecule has 2 aromatic heterocycles. The van der Waals surface area contributed by atoms with E-state index in [0.717, 1.165) is 20.1 Å². The van der Waals surface area contributed by atoms with Gasteiger partial charge < -0.3 is 14.6 Å². The number of para-hydroxylation sites is 1. The second-order valence-electron chi connectivity index (χ2n) is 6.07. The van der Waals surface area contributed by atoms with Crippen molar-refractivity contribution in [2.75, 3.05) is 13.6 Å². The number of quaternary nitrogens is 1. The third-order valence-corrected chi connectivity index (χ3v) is 5.33. The molecular formula is C18H21N4O3S+. The fraction of sp³-hybridized carbons (Fsp3) is 0.278. The van der Waals surface area contributed by atoms with Crippen molar-refractivity contribution in [1.82, 2.24) is 15.6 Å². The molecule has 2 atom stereocenters. The Balaban J connectivity index is 1.50. The van der Waals surface area contributed by atoms with Gasteiger partial charge in [0.2, 0.25) is 0 Å². The quantitative estimate of drug-likeness (QED) is 0.611. The van der Waals surface area contributed by atoms with E-state index in [4.69, 9.17) is 4.42 Å². The fourth-order valence-electron chi connectivity index (χ4n) is 2.49. The molecule has 1 unspecified atom stereocenters. The lowest BCUT2D eigenvalue weighted by atomic mass is 10.3. The molecule has 8 heteroatoms. The Bertz CT molecular complexity index is 858. The summed E-state index contributed by atoms with van der Waals surface area (Å²) in [6, 6.07) is 11.0. The fourth-order valence-corrected chi connectivity index (χ4v) is 3.60. The van der Waals surface area contributed by atoms with E-state index in [1.807, 2.05) is 38.2 Å². The minimum atomic E-state index is -0.535. The maximum atomic E-state index is 12.1. The number of benzene rings is 1. The highest BCUT2D eigenvalue weighted by Gasteiger charge is 2.22. The number of carbonyl (C=O) groups excluding carboxylic acids is 2. The highest BCUT2D eigenvalue weighted by atomic mass is 32.1. The SMILES string of the molecule is C[C@H](c1nc2ccccc2s1)[NH+](C)CC(=O)NC(=O)NCc1ccco1. The third kappa shape index (κ3) is 4.47. The Morgan fingerprint density at radius 3 is 2.81 bits per heavy atom. The van der Waals surface area contributed by atoms with Crippen LogP contribution in [-0.4, -0.2) is 30.5 Å². The van der Waals surface area contributed by atoms with Crippen molar-refractivity contribution in [2.45, 2.75) is 19.5 Å². The molecule has 0 bridgehead atoms. The summed E-state index contributed by atoms with van der Waals surface area (Å²) < 4.78 is 6.25. The van der Waals surface area contributed by atoms with Gasteiger partial charge in [0.25, 0.3) is 5.91 Å². The Morgan fingerprint density at radius 2 is 2.08 bits per heavy atom. The summed E-state index contributed by atoms with van der Waals surface area (Å²) in [6.07, 6.45) is 1.53. The molecule has 1 aromatic carbocycles. The number of likely N-dealkylation sites (N-methyl/N-ethyl adjacent to an activating group) is 1. The lowest BCUT2D eigenvalue weighted by Gasteiger charge is -2.19. The molecule has 3 N–H and O–H groups in total. The van der Waals surface area contributed by atoms with Crippen LogP contribution >= 0.6 is 11.3 Å². The smallest absolute Gasteiger partial charge is 0.321 e. The Labute approximate surface area is 155 Å². The summed E-state index contributed by atoms with van der Waals surface area (Å²) in [5, 5.41) is 5.89. The average Bonchev–Trinajstić information content (AvgIpc) is 3.28. The van der Waals surface area contributed by atoms with E-state index in [2.05, 4.69) is 15.6 Å². The first-order valence-corrected chi connectivity index (χ1v) is 9.12. The number of nitrogens with one attached hydrogen (secondary N) is 3. The van der Waals surface area contributed by atoms with Gasteiger partial charge in [-0.25, -0.2) is 9.78 Å². The standard InChI is InChI=1S/C18H20N4O3S/c1-12(17-20-14-7-3-4-8-15(14)26-17)22(2)11-16(23)21-18(24)19-10-13-6-5-9-25-13/h3-9,12H,10-11H2,1-2H3,(H2,19,21,23,24)/p+1/t12-/m1/s1. The highest BCUT2D eigenvalue weighted by molar-refractivity contribution is 7.18. The number of thiazole rings is 1. The molecule has 0 radical (unpaired) electrons. The Morgan fingerprint density at radius 1 is 1.27 bits per heavy atom. The lowest BCUT2D eigenvalue weighted by Crippen LogP contribution is -3.10. The largest absolute Gasteiger partial charge is 0.467 e. The molecule has 3 rings (SSSR count). The Hall–Kier alpha value is -2.71. The van der Waals surface area contributed by atoms with Crippen molar-refractivity contribution in [1.29, 1.82) is 0 Å². The van der Waals surface area contributed by atoms with E-state index in [0.29, 0.717) is 5.76 Å². The summed E-state index contributed by atoms with van der Waals surface area (Å²) in [5.41, 5.74) is 0.967. The summed E-state index contributed by atoms with van der Waals surface area (Å²) in [7, 11) is 1.91. The predicted molar refractivity (Wildman–Crippen MR) is 98.9 cm³/mol. The predicted octanol–water partition coefficient (Wildman–Crippen LogP) is 1.49. The molecule has 2 heterocycles. The number of furan rings is 1. The van der Waals surface area contributed by atoms with Gasteiger partial charge in [0.05, 0.1) is 30.1 Å². The van der Waals surface area contributed by atoms with Crippen LogP contribution in [0.4, 0.5) is 4.79 Å². The second kappa shape index (κ2) is 8.11. The van der Waals surface area contributed by atoms with Crippen LogP contribution < -0.4 is 15.5 Å². The van der Waals surface area contributed by atoms with Gasteiger partial charge in [0.15, 0.2) is 11.6 Å². The van der Waals surface area contributed by atoms with Gasteiger partial charge >= 0.3 is 6.03 Å². The number of hydrogen-bond acceptors (Lipinski definition) is 5. The molecule has 3 amide bonds. The number of urea groups is 1. The second-order valence-corrected chi connectivity index (χ2v) is 7.14. The Kier molecular flexibility index (Phi) is 5.65. The summed E-state index contributed by atoms with van der Waals surface area (Å²) in [4.78, 5) is 29.5. The third-order valence-electron chi connectivity index (χ3n) is 4.12. The zero-order chi connectivity index (χ0) is 18.5. The number of carbonyl (C=O) groups is 2. The van der Waals surface area contributed by atoms with Crippen molar-refractivity contribution < 1.29 is 18.9 Å². The first-order valence-electron chi connectivity index (χ1n) is 8.31. The minimum absolute atomic E-state index is 0.0457. The molecule has 0 saturated carbocycles. The summed E-state index contributed by atoms with van der Waals surface area (Å²) in [6.45, 7) is 2.43. The van der Waals surface area contributed by atoms with E-state index < -0.39 is 6.03 Å². The van der Waals surface area contributed by atoms with Crippen LogP contribution in [0.2, 0.25) is 0 Å². The first kappa shape index (κ1) is 18.1. The number of aromatic nitrogens is 1. The maximum Gasteiger partial charge on any atom is 0.321 e. The van der Waals surface area contributed by atoms with Crippen LogP contribution in [0.5, 0.6) is 0 Å². The minimum Gasteiger partial charge on any atom is -0.467 e. The molecular weight excluding hydrogens is 352 g/mol. The number of hydrogen-bond donors (Lipinski definition) is 3. The topological polar surface area (TPSA) is 88.7 Å². The van der Waals surface area contributed by atoms with Crippen LogP contribution in [0.25, 0.3) is 10.2 Å². The highest BCUT2D eigenvalue weighted by Crippen LogP contribution is 2.24. The van der Waals surface area contributed by atoms with E-state index in [-0.39, 0.29) is 25.0 Å². The zero-order valence-corrected chi connectivity index (χ0v) is 15.4. The van der Waals surface area contributed by atoms with Crippen molar-refractivity contribution in [3.05, 3.63) is 53.4 Å². The van der Waals surface area contributed by atoms with Crippen molar-refractivity contribution in [3.8, 4) is 0 Å². The van der Waals surface area contributed by atoms with Gasteiger partial charge in [-0.2, -0.15) is 0 Å². The molecule has 0 spiro atoms. The van der Waals surface area contributed by atoms with Crippen LogP contribution in [0.1, 0.15) is 23.7 Å². The molecule has 0 aliphatic carbocycles. The summed E-state index contributed by atoms with van der Waals surface area (Å²) >= 11 is 1.63. The summed E-state index contributed by atoms with van der Waals surface area (Å²) in [5.74, 6) is 0.284. The van der Waals surface area contributed by atoms with Gasteiger partial charge in [-0.3, -0.25) is 10.1 Å². The van der Waals surface area contributed by atoms with Crippen LogP contribution in [-0.2, 0) is 11.3 Å². The van der Waals surface area contributed by atoms with Gasteiger partial charge in [-0.05, 0) is 31.2 Å². The number of amides is 3. The molecule has 0 saturated heterocycles. The number of rotatable bonds is 6. The van der Waals surface area contributed by atoms with Crippen LogP contribution in [0.15, 0.2) is 47.1 Å². The van der Waals surface area contributed by atoms with Gasteiger partial charge in [-0.15, -0.1) is 11.3 Å². The molecule has 136 valence electrons. The molecule has 7 nitrogen and oxygen atoms in total. The van der Waals surface area contributed by atoms with Gasteiger partial charge in [0, 0.05) is 0 Å². The van der Waals surface area contributed by atoms with E-state index in [1.165, 1.54) is 6.26 Å². The first-order chi connectivity index (χ1) is 12.5.